The SMILES string of the molecule is O=C(O)C1CCN(Cc2sc(=O)[nH]c2-c2ccccc2)CC1. The number of likely N-dealkylation sites (tertiary alicyclic amines) is 1. The normalized spacial score (nSPS) is 16.7. The van der Waals surface area contributed by atoms with E-state index in [1.807, 2.05) is 30.3 Å². The largest absolute Gasteiger partial charge is 0.481 e. The lowest BCUT2D eigenvalue weighted by Gasteiger charge is -2.29. The number of carboxylic acid groups (broad SMARTS) is 1. The van der Waals surface area contributed by atoms with Crippen molar-refractivity contribution >= 4 is 17.3 Å². The fourth-order valence-electron chi connectivity index (χ4n) is 2.85. The van der Waals surface area contributed by atoms with E-state index in [0.29, 0.717) is 19.4 Å². The zero-order valence-corrected chi connectivity index (χ0v) is 12.9. The molecule has 6 heteroatoms. The fourth-order valence-corrected chi connectivity index (χ4v) is 3.75. The summed E-state index contributed by atoms with van der Waals surface area (Å²) in [6.45, 7) is 2.22. The van der Waals surface area contributed by atoms with E-state index < -0.39 is 5.97 Å². The van der Waals surface area contributed by atoms with Crippen LogP contribution >= 0.6 is 11.3 Å². The molecule has 3 rings (SSSR count). The van der Waals surface area contributed by atoms with E-state index in [0.717, 1.165) is 29.2 Å². The predicted molar refractivity (Wildman–Crippen MR) is 86.0 cm³/mol. The standard InChI is InChI=1S/C16H18N2O3S/c19-15(20)12-6-8-18(9-7-12)10-13-14(17-16(21)22-13)11-4-2-1-3-5-11/h1-5,12H,6-10H2,(H,17,21)(H,19,20). The van der Waals surface area contributed by atoms with Crippen molar-refractivity contribution in [2.24, 2.45) is 5.92 Å². The number of nitrogens with zero attached hydrogens (tertiary/aromatic N) is 1. The molecule has 0 saturated carbocycles. The monoisotopic (exact) mass is 318 g/mol. The Kier molecular flexibility index (Phi) is 4.40. The minimum Gasteiger partial charge on any atom is -0.481 e. The number of nitrogens with one attached hydrogen (secondary N) is 1. The lowest BCUT2D eigenvalue weighted by atomic mass is 9.97. The molecule has 0 unspecified atom stereocenters. The number of carbonyl (C=O) groups is 1. The number of thiazole rings is 1. The van der Waals surface area contributed by atoms with E-state index in [-0.39, 0.29) is 10.8 Å². The first-order chi connectivity index (χ1) is 10.6. The van der Waals surface area contributed by atoms with E-state index >= 15 is 0 Å². The molecule has 0 radical (unpaired) electrons. The minimum absolute atomic E-state index is 0.0470. The first kappa shape index (κ1) is 15.0. The molecule has 116 valence electrons. The fraction of sp³-hybridized carbons (Fsp3) is 0.375. The topological polar surface area (TPSA) is 73.4 Å². The molecular weight excluding hydrogens is 300 g/mol. The van der Waals surface area contributed by atoms with Crippen LogP contribution in [0.25, 0.3) is 11.3 Å². The Bertz CT molecular complexity index is 700. The van der Waals surface area contributed by atoms with Gasteiger partial charge in [-0.15, -0.1) is 0 Å². The van der Waals surface area contributed by atoms with Gasteiger partial charge in [-0.2, -0.15) is 0 Å². The molecule has 2 aromatic rings. The average molecular weight is 318 g/mol. The third-order valence-corrected chi connectivity index (χ3v) is 4.96. The molecule has 2 N–H and O–H groups in total. The van der Waals surface area contributed by atoms with Gasteiger partial charge in [0.1, 0.15) is 0 Å². The second kappa shape index (κ2) is 6.46. The number of piperidine rings is 1. The van der Waals surface area contributed by atoms with Crippen molar-refractivity contribution in [2.45, 2.75) is 19.4 Å². The molecule has 0 aliphatic carbocycles. The molecular formula is C16H18N2O3S. The van der Waals surface area contributed by atoms with Crippen LogP contribution in [0.3, 0.4) is 0 Å². The molecule has 0 atom stereocenters. The van der Waals surface area contributed by atoms with Crippen LogP contribution in [0.5, 0.6) is 0 Å². The summed E-state index contributed by atoms with van der Waals surface area (Å²) in [6.07, 6.45) is 1.35. The predicted octanol–water partition coefficient (Wildman–Crippen LogP) is 2.40. The summed E-state index contributed by atoms with van der Waals surface area (Å²) in [5.74, 6) is -0.925. The van der Waals surface area contributed by atoms with E-state index in [1.54, 1.807) is 0 Å². The van der Waals surface area contributed by atoms with Gasteiger partial charge in [-0.05, 0) is 31.5 Å². The maximum atomic E-state index is 11.7. The number of aromatic amines is 1. The zero-order valence-electron chi connectivity index (χ0n) is 12.1. The van der Waals surface area contributed by atoms with Crippen molar-refractivity contribution in [1.29, 1.82) is 0 Å². The number of aromatic nitrogens is 1. The van der Waals surface area contributed by atoms with Crippen LogP contribution in [0.1, 0.15) is 17.7 Å². The van der Waals surface area contributed by atoms with Crippen molar-refractivity contribution in [3.63, 3.8) is 0 Å². The van der Waals surface area contributed by atoms with E-state index in [2.05, 4.69) is 9.88 Å². The number of hydrogen-bond donors (Lipinski definition) is 2. The van der Waals surface area contributed by atoms with Gasteiger partial charge in [-0.3, -0.25) is 14.5 Å². The first-order valence-electron chi connectivity index (χ1n) is 7.36. The number of rotatable bonds is 4. The Hall–Kier alpha value is -1.92. The van der Waals surface area contributed by atoms with Crippen LogP contribution in [0.4, 0.5) is 0 Å². The van der Waals surface area contributed by atoms with Crippen LogP contribution in [0.2, 0.25) is 0 Å². The molecule has 1 aliphatic rings. The average Bonchev–Trinajstić information content (AvgIpc) is 2.89. The van der Waals surface area contributed by atoms with Gasteiger partial charge in [-0.25, -0.2) is 0 Å². The highest BCUT2D eigenvalue weighted by atomic mass is 32.1. The van der Waals surface area contributed by atoms with Crippen molar-refractivity contribution < 1.29 is 9.90 Å². The van der Waals surface area contributed by atoms with Crippen molar-refractivity contribution in [3.8, 4) is 11.3 Å². The van der Waals surface area contributed by atoms with Crippen molar-refractivity contribution in [2.75, 3.05) is 13.1 Å². The summed E-state index contributed by atoms with van der Waals surface area (Å²) in [6, 6.07) is 9.82. The number of benzene rings is 1. The third-order valence-electron chi connectivity index (χ3n) is 4.09. The summed E-state index contributed by atoms with van der Waals surface area (Å²) in [5, 5.41) is 9.05. The summed E-state index contributed by atoms with van der Waals surface area (Å²) in [7, 11) is 0. The molecule has 1 fully saturated rings. The van der Waals surface area contributed by atoms with Crippen LogP contribution in [-0.2, 0) is 11.3 Å². The van der Waals surface area contributed by atoms with Gasteiger partial charge in [0.05, 0.1) is 11.6 Å². The van der Waals surface area contributed by atoms with Crippen LogP contribution in [0, 0.1) is 5.92 Å². The molecule has 0 spiro atoms. The second-order valence-electron chi connectivity index (χ2n) is 5.57. The van der Waals surface area contributed by atoms with Gasteiger partial charge in [0.15, 0.2) is 0 Å². The van der Waals surface area contributed by atoms with E-state index in [1.165, 1.54) is 11.3 Å². The zero-order chi connectivity index (χ0) is 15.5. The molecule has 0 amide bonds. The smallest absolute Gasteiger partial charge is 0.306 e. The molecule has 1 aliphatic heterocycles. The van der Waals surface area contributed by atoms with Gasteiger partial charge in [0.2, 0.25) is 0 Å². The van der Waals surface area contributed by atoms with Crippen molar-refractivity contribution in [3.05, 3.63) is 44.9 Å². The van der Waals surface area contributed by atoms with Crippen LogP contribution in [-0.4, -0.2) is 34.0 Å². The van der Waals surface area contributed by atoms with Gasteiger partial charge in [0.25, 0.3) is 0 Å². The Morgan fingerprint density at radius 2 is 1.95 bits per heavy atom. The molecule has 0 bridgehead atoms. The van der Waals surface area contributed by atoms with Gasteiger partial charge >= 0.3 is 10.8 Å². The molecule has 5 nitrogen and oxygen atoms in total. The maximum Gasteiger partial charge on any atom is 0.306 e. The highest BCUT2D eigenvalue weighted by Crippen LogP contribution is 2.26. The number of hydrogen-bond acceptors (Lipinski definition) is 4. The summed E-state index contributed by atoms with van der Waals surface area (Å²) >= 11 is 1.24. The van der Waals surface area contributed by atoms with Gasteiger partial charge in [-0.1, -0.05) is 41.7 Å². The molecule has 1 saturated heterocycles. The highest BCUT2D eigenvalue weighted by molar-refractivity contribution is 7.09. The Morgan fingerprint density at radius 1 is 1.27 bits per heavy atom. The first-order valence-corrected chi connectivity index (χ1v) is 8.17. The highest BCUT2D eigenvalue weighted by Gasteiger charge is 2.25. The lowest BCUT2D eigenvalue weighted by molar-refractivity contribution is -0.143. The Balaban J connectivity index is 1.74. The van der Waals surface area contributed by atoms with Gasteiger partial charge < -0.3 is 10.1 Å². The second-order valence-corrected chi connectivity index (χ2v) is 6.64. The van der Waals surface area contributed by atoms with Crippen LogP contribution < -0.4 is 4.87 Å². The molecule has 22 heavy (non-hydrogen) atoms. The van der Waals surface area contributed by atoms with Crippen molar-refractivity contribution in [1.82, 2.24) is 9.88 Å². The Morgan fingerprint density at radius 3 is 2.59 bits per heavy atom. The van der Waals surface area contributed by atoms with Gasteiger partial charge in [0, 0.05) is 11.4 Å². The number of aliphatic carboxylic acids is 1. The lowest BCUT2D eigenvalue weighted by Crippen LogP contribution is -2.35. The summed E-state index contributed by atoms with van der Waals surface area (Å²) in [4.78, 5) is 28.9. The number of carboxylic acids is 1. The summed E-state index contributed by atoms with van der Waals surface area (Å²) < 4.78 is 0. The molecule has 1 aromatic heterocycles. The Labute approximate surface area is 132 Å². The van der Waals surface area contributed by atoms with E-state index in [4.69, 9.17) is 5.11 Å². The van der Waals surface area contributed by atoms with Crippen LogP contribution in [0.15, 0.2) is 35.1 Å². The van der Waals surface area contributed by atoms with E-state index in [9.17, 15) is 9.59 Å². The third kappa shape index (κ3) is 3.28. The maximum absolute atomic E-state index is 11.7. The molecule has 2 heterocycles. The number of H-pyrrole nitrogens is 1. The minimum atomic E-state index is -0.698. The summed E-state index contributed by atoms with van der Waals surface area (Å²) in [5.41, 5.74) is 1.90. The molecule has 1 aromatic carbocycles. The quantitative estimate of drug-likeness (QED) is 0.908.